The molecule has 0 bridgehead atoms. The quantitative estimate of drug-likeness (QED) is 0.652. The second kappa shape index (κ2) is 8.34. The maximum absolute atomic E-state index is 12.9. The van der Waals surface area contributed by atoms with Gasteiger partial charge in [-0.25, -0.2) is 9.78 Å². The van der Waals surface area contributed by atoms with Crippen molar-refractivity contribution < 1.29 is 9.53 Å². The second-order valence-corrected chi connectivity index (χ2v) is 8.32. The van der Waals surface area contributed by atoms with Crippen LogP contribution in [0.4, 0.5) is 10.5 Å². The summed E-state index contributed by atoms with van der Waals surface area (Å²) in [5.74, 6) is 0. The Kier molecular flexibility index (Phi) is 5.64. The minimum Gasteiger partial charge on any atom is -0.385 e. The third kappa shape index (κ3) is 4.04. The standard InChI is InChI=1S/C21H24N4O3S/c1-14-4-6-15(7-5-14)23-21(27)24-10-8-16-17(12-24)29-19-18(16)20(26)25(13-22-19)9-3-11-28-2/h4-7,13H,3,8-12H2,1-2H3,(H,23,27). The summed E-state index contributed by atoms with van der Waals surface area (Å²) in [6, 6.07) is 7.62. The van der Waals surface area contributed by atoms with Crippen LogP contribution < -0.4 is 10.9 Å². The zero-order valence-electron chi connectivity index (χ0n) is 16.6. The first kappa shape index (κ1) is 19.6. The number of hydrogen-bond donors (Lipinski definition) is 1. The number of aromatic nitrogens is 2. The van der Waals surface area contributed by atoms with Gasteiger partial charge in [-0.05, 0) is 37.5 Å². The van der Waals surface area contributed by atoms with E-state index in [2.05, 4.69) is 10.3 Å². The number of benzene rings is 1. The SMILES string of the molecule is COCCCn1cnc2sc3c(c2c1=O)CCN(C(=O)Nc1ccc(C)cc1)C3. The molecule has 0 saturated heterocycles. The highest BCUT2D eigenvalue weighted by Crippen LogP contribution is 2.32. The Morgan fingerprint density at radius 3 is 2.86 bits per heavy atom. The number of aryl methyl sites for hydroxylation is 2. The molecule has 3 heterocycles. The number of carbonyl (C=O) groups is 1. The van der Waals surface area contributed by atoms with E-state index in [9.17, 15) is 9.59 Å². The number of nitrogens with zero attached hydrogens (tertiary/aromatic N) is 3. The Hall–Kier alpha value is -2.71. The van der Waals surface area contributed by atoms with Crippen molar-refractivity contribution in [3.8, 4) is 0 Å². The first-order chi connectivity index (χ1) is 14.1. The summed E-state index contributed by atoms with van der Waals surface area (Å²) in [7, 11) is 1.65. The van der Waals surface area contributed by atoms with Crippen LogP contribution in [-0.4, -0.2) is 40.7 Å². The molecule has 0 spiro atoms. The summed E-state index contributed by atoms with van der Waals surface area (Å²) >= 11 is 1.51. The number of nitrogens with one attached hydrogen (secondary N) is 1. The van der Waals surface area contributed by atoms with Gasteiger partial charge < -0.3 is 15.0 Å². The molecule has 0 saturated carbocycles. The van der Waals surface area contributed by atoms with Crippen molar-refractivity contribution in [1.29, 1.82) is 0 Å². The van der Waals surface area contributed by atoms with Gasteiger partial charge in [-0.3, -0.25) is 9.36 Å². The van der Waals surface area contributed by atoms with Crippen molar-refractivity contribution in [2.24, 2.45) is 0 Å². The molecule has 2 amide bonds. The van der Waals surface area contributed by atoms with E-state index in [1.165, 1.54) is 11.3 Å². The Morgan fingerprint density at radius 2 is 2.10 bits per heavy atom. The number of urea groups is 1. The third-order valence-electron chi connectivity index (χ3n) is 5.16. The van der Waals surface area contributed by atoms with E-state index in [-0.39, 0.29) is 11.6 Å². The highest BCUT2D eigenvalue weighted by molar-refractivity contribution is 7.18. The number of carbonyl (C=O) groups excluding carboxylic acids is 1. The molecule has 1 N–H and O–H groups in total. The van der Waals surface area contributed by atoms with Crippen LogP contribution in [0.1, 0.15) is 22.4 Å². The lowest BCUT2D eigenvalue weighted by Gasteiger charge is -2.27. The van der Waals surface area contributed by atoms with Crippen LogP contribution in [0.5, 0.6) is 0 Å². The van der Waals surface area contributed by atoms with Crippen LogP contribution in [0.3, 0.4) is 0 Å². The molecule has 0 unspecified atom stereocenters. The van der Waals surface area contributed by atoms with Gasteiger partial charge >= 0.3 is 6.03 Å². The van der Waals surface area contributed by atoms with Gasteiger partial charge in [0.05, 0.1) is 18.3 Å². The monoisotopic (exact) mass is 412 g/mol. The Labute approximate surface area is 172 Å². The minimum atomic E-state index is -0.123. The number of anilines is 1. The summed E-state index contributed by atoms with van der Waals surface area (Å²) in [6.07, 6.45) is 3.04. The molecule has 1 aliphatic rings. The predicted octanol–water partition coefficient (Wildman–Crippen LogP) is 3.39. The summed E-state index contributed by atoms with van der Waals surface area (Å²) in [5, 5.41) is 3.66. The lowest BCUT2D eigenvalue weighted by molar-refractivity contribution is 0.190. The van der Waals surface area contributed by atoms with Gasteiger partial charge in [0.25, 0.3) is 5.56 Å². The lowest BCUT2D eigenvalue weighted by atomic mass is 10.1. The first-order valence-corrected chi connectivity index (χ1v) is 10.5. The van der Waals surface area contributed by atoms with Crippen molar-refractivity contribution in [3.05, 3.63) is 57.0 Å². The molecule has 3 aromatic rings. The lowest BCUT2D eigenvalue weighted by Crippen LogP contribution is -2.38. The van der Waals surface area contributed by atoms with Crippen LogP contribution in [0.25, 0.3) is 10.2 Å². The second-order valence-electron chi connectivity index (χ2n) is 7.24. The van der Waals surface area contributed by atoms with E-state index in [4.69, 9.17) is 4.74 Å². The van der Waals surface area contributed by atoms with Gasteiger partial charge in [0, 0.05) is 37.4 Å². The Bertz CT molecular complexity index is 1090. The fourth-order valence-corrected chi connectivity index (χ4v) is 4.76. The number of ether oxygens (including phenoxy) is 1. The van der Waals surface area contributed by atoms with Crippen molar-refractivity contribution in [2.45, 2.75) is 32.9 Å². The number of hydrogen-bond acceptors (Lipinski definition) is 5. The number of rotatable bonds is 5. The molecule has 7 nitrogen and oxygen atoms in total. The van der Waals surface area contributed by atoms with E-state index < -0.39 is 0 Å². The van der Waals surface area contributed by atoms with Crippen molar-refractivity contribution >= 4 is 33.3 Å². The molecule has 0 aliphatic carbocycles. The molecule has 1 aromatic carbocycles. The fourth-order valence-electron chi connectivity index (χ4n) is 3.57. The van der Waals surface area contributed by atoms with Crippen LogP contribution in [-0.2, 0) is 24.2 Å². The summed E-state index contributed by atoms with van der Waals surface area (Å²) in [6.45, 7) is 4.28. The van der Waals surface area contributed by atoms with Gasteiger partial charge in [0.15, 0.2) is 0 Å². The minimum absolute atomic E-state index is 0.00107. The van der Waals surface area contributed by atoms with Gasteiger partial charge in [-0.1, -0.05) is 17.7 Å². The van der Waals surface area contributed by atoms with Crippen molar-refractivity contribution in [2.75, 3.05) is 25.6 Å². The highest BCUT2D eigenvalue weighted by atomic mass is 32.1. The van der Waals surface area contributed by atoms with E-state index >= 15 is 0 Å². The smallest absolute Gasteiger partial charge is 0.322 e. The molecular weight excluding hydrogens is 388 g/mol. The zero-order valence-corrected chi connectivity index (χ0v) is 17.4. The van der Waals surface area contributed by atoms with Crippen LogP contribution in [0.2, 0.25) is 0 Å². The molecule has 0 fully saturated rings. The molecule has 152 valence electrons. The zero-order chi connectivity index (χ0) is 20.4. The fraction of sp³-hybridized carbons (Fsp3) is 0.381. The molecule has 0 radical (unpaired) electrons. The molecule has 4 rings (SSSR count). The van der Waals surface area contributed by atoms with Gasteiger partial charge in [0.2, 0.25) is 0 Å². The largest absolute Gasteiger partial charge is 0.385 e. The van der Waals surface area contributed by atoms with Gasteiger partial charge in [-0.2, -0.15) is 0 Å². The number of methoxy groups -OCH3 is 1. The molecule has 29 heavy (non-hydrogen) atoms. The summed E-state index contributed by atoms with van der Waals surface area (Å²) in [4.78, 5) is 33.7. The average Bonchev–Trinajstić information content (AvgIpc) is 3.10. The van der Waals surface area contributed by atoms with E-state index in [1.807, 2.05) is 31.2 Å². The van der Waals surface area contributed by atoms with Crippen LogP contribution in [0, 0.1) is 6.92 Å². The van der Waals surface area contributed by atoms with Crippen LogP contribution in [0.15, 0.2) is 35.4 Å². The Balaban J connectivity index is 1.53. The van der Waals surface area contributed by atoms with Crippen LogP contribution >= 0.6 is 11.3 Å². The molecule has 8 heteroatoms. The van der Waals surface area contributed by atoms with Gasteiger partial charge in [-0.15, -0.1) is 11.3 Å². The van der Waals surface area contributed by atoms with E-state index in [0.29, 0.717) is 38.0 Å². The first-order valence-electron chi connectivity index (χ1n) is 9.68. The topological polar surface area (TPSA) is 76.5 Å². The average molecular weight is 413 g/mol. The van der Waals surface area contributed by atoms with Crippen molar-refractivity contribution in [1.82, 2.24) is 14.5 Å². The number of amides is 2. The molecule has 2 aromatic heterocycles. The van der Waals surface area contributed by atoms with Gasteiger partial charge in [0.1, 0.15) is 4.83 Å². The Morgan fingerprint density at radius 1 is 1.31 bits per heavy atom. The van der Waals surface area contributed by atoms with E-state index in [0.717, 1.165) is 32.9 Å². The molecule has 1 aliphatic heterocycles. The third-order valence-corrected chi connectivity index (χ3v) is 6.29. The number of fused-ring (bicyclic) bond motifs is 3. The maximum atomic E-state index is 12.9. The van der Waals surface area contributed by atoms with Crippen molar-refractivity contribution in [3.63, 3.8) is 0 Å². The number of thiophene rings is 1. The maximum Gasteiger partial charge on any atom is 0.322 e. The van der Waals surface area contributed by atoms with E-state index in [1.54, 1.807) is 22.9 Å². The summed E-state index contributed by atoms with van der Waals surface area (Å²) < 4.78 is 6.73. The molecule has 0 atom stereocenters. The predicted molar refractivity (Wildman–Crippen MR) is 115 cm³/mol. The molecular formula is C21H24N4O3S. The normalized spacial score (nSPS) is 13.5. The summed E-state index contributed by atoms with van der Waals surface area (Å²) in [5.41, 5.74) is 2.98. The highest BCUT2D eigenvalue weighted by Gasteiger charge is 2.26.